The van der Waals surface area contributed by atoms with Crippen LogP contribution in [0.3, 0.4) is 0 Å². The summed E-state index contributed by atoms with van der Waals surface area (Å²) >= 11 is 0. The van der Waals surface area contributed by atoms with Gasteiger partial charge in [0.15, 0.2) is 18.4 Å². The first-order valence-electron chi connectivity index (χ1n) is 7.63. The smallest absolute Gasteiger partial charge is 0.330 e. The minimum atomic E-state index is -1.20. The summed E-state index contributed by atoms with van der Waals surface area (Å²) in [7, 11) is 0. The van der Waals surface area contributed by atoms with Gasteiger partial charge >= 0.3 is 23.6 Å². The maximum absolute atomic E-state index is 12.1. The third kappa shape index (κ3) is 4.57. The molecule has 1 unspecified atom stereocenters. The number of aromatic nitrogens is 2. The van der Waals surface area contributed by atoms with Crippen LogP contribution in [0.2, 0.25) is 0 Å². The van der Waals surface area contributed by atoms with E-state index in [1.165, 1.54) is 6.92 Å². The van der Waals surface area contributed by atoms with Crippen LogP contribution in [0.1, 0.15) is 27.0 Å². The molecule has 2 rings (SSSR count). The van der Waals surface area contributed by atoms with Crippen LogP contribution in [-0.4, -0.2) is 52.4 Å². The van der Waals surface area contributed by atoms with Crippen molar-refractivity contribution in [2.45, 2.75) is 45.3 Å². The number of carbonyl (C=O) groups is 3. The van der Waals surface area contributed by atoms with E-state index in [-0.39, 0.29) is 6.61 Å². The summed E-state index contributed by atoms with van der Waals surface area (Å²) < 4.78 is 21.9. The fourth-order valence-corrected chi connectivity index (χ4v) is 2.54. The number of nitrogens with one attached hydrogen (secondary N) is 1. The second-order valence-electron chi connectivity index (χ2n) is 5.53. The molecule has 0 aliphatic carbocycles. The third-order valence-corrected chi connectivity index (χ3v) is 3.47. The van der Waals surface area contributed by atoms with E-state index in [1.807, 2.05) is 4.98 Å². The van der Waals surface area contributed by atoms with Crippen LogP contribution in [0.25, 0.3) is 0 Å². The van der Waals surface area contributed by atoms with Crippen LogP contribution in [0.4, 0.5) is 0 Å². The molecule has 142 valence electrons. The lowest BCUT2D eigenvalue weighted by Crippen LogP contribution is -2.42. The molecule has 11 heteroatoms. The van der Waals surface area contributed by atoms with Crippen molar-refractivity contribution < 1.29 is 33.3 Å². The second kappa shape index (κ2) is 7.95. The third-order valence-electron chi connectivity index (χ3n) is 3.47. The Morgan fingerprint density at radius 3 is 2.23 bits per heavy atom. The number of nitrogens with zero attached hydrogens (tertiary/aromatic N) is 1. The van der Waals surface area contributed by atoms with Gasteiger partial charge in [0.05, 0.1) is 0 Å². The minimum absolute atomic E-state index is 0.292. The molecule has 0 radical (unpaired) electrons. The highest BCUT2D eigenvalue weighted by Gasteiger charge is 2.50. The maximum atomic E-state index is 12.1. The van der Waals surface area contributed by atoms with E-state index in [0.717, 1.165) is 30.7 Å². The van der Waals surface area contributed by atoms with Crippen molar-refractivity contribution in [3.63, 3.8) is 0 Å². The highest BCUT2D eigenvalue weighted by molar-refractivity contribution is 5.67. The van der Waals surface area contributed by atoms with Crippen molar-refractivity contribution in [2.75, 3.05) is 6.61 Å². The largest absolute Gasteiger partial charge is 0.463 e. The van der Waals surface area contributed by atoms with Gasteiger partial charge in [0, 0.05) is 33.0 Å². The van der Waals surface area contributed by atoms with E-state index >= 15 is 0 Å². The van der Waals surface area contributed by atoms with Gasteiger partial charge in [-0.15, -0.1) is 0 Å². The Labute approximate surface area is 146 Å². The number of aromatic amines is 1. The molecule has 1 aliphatic rings. The Kier molecular flexibility index (Phi) is 5.93. The summed E-state index contributed by atoms with van der Waals surface area (Å²) in [4.78, 5) is 59.3. The lowest BCUT2D eigenvalue weighted by Gasteiger charge is -2.23. The van der Waals surface area contributed by atoms with Crippen molar-refractivity contribution >= 4 is 17.9 Å². The van der Waals surface area contributed by atoms with Crippen LogP contribution in [0, 0.1) is 0 Å². The molecule has 11 nitrogen and oxygen atoms in total. The van der Waals surface area contributed by atoms with Gasteiger partial charge in [-0.2, -0.15) is 0 Å². The predicted octanol–water partition coefficient (Wildman–Crippen LogP) is -1.14. The van der Waals surface area contributed by atoms with E-state index in [1.54, 1.807) is 0 Å². The molecular formula is C15H18N2O9. The Hall–Kier alpha value is -2.95. The molecule has 1 N–H and O–H groups in total. The van der Waals surface area contributed by atoms with Crippen LogP contribution in [0.5, 0.6) is 0 Å². The van der Waals surface area contributed by atoms with E-state index in [4.69, 9.17) is 18.9 Å². The molecule has 2 heterocycles. The summed E-state index contributed by atoms with van der Waals surface area (Å²) in [5, 5.41) is 0. The van der Waals surface area contributed by atoms with Crippen molar-refractivity contribution in [1.82, 2.24) is 9.55 Å². The highest BCUT2D eigenvalue weighted by atomic mass is 16.7. The van der Waals surface area contributed by atoms with Gasteiger partial charge in [0.2, 0.25) is 0 Å². The first-order chi connectivity index (χ1) is 12.2. The zero-order valence-corrected chi connectivity index (χ0v) is 14.3. The van der Waals surface area contributed by atoms with Gasteiger partial charge in [-0.05, 0) is 0 Å². The first kappa shape index (κ1) is 19.4. The van der Waals surface area contributed by atoms with Crippen LogP contribution < -0.4 is 11.2 Å². The number of hydrogen-bond acceptors (Lipinski definition) is 9. The number of esters is 3. The van der Waals surface area contributed by atoms with Gasteiger partial charge in [-0.1, -0.05) is 0 Å². The topological polar surface area (TPSA) is 143 Å². The molecule has 1 saturated heterocycles. The highest BCUT2D eigenvalue weighted by Crippen LogP contribution is 2.33. The van der Waals surface area contributed by atoms with Gasteiger partial charge in [-0.25, -0.2) is 4.79 Å². The molecule has 0 amide bonds. The minimum Gasteiger partial charge on any atom is -0.463 e. The molecule has 26 heavy (non-hydrogen) atoms. The van der Waals surface area contributed by atoms with Gasteiger partial charge in [0.25, 0.3) is 5.56 Å². The lowest BCUT2D eigenvalue weighted by atomic mass is 10.1. The Bertz CT molecular complexity index is 812. The standard InChI is InChI=1S/C15H18N2O9/c1-7(18)23-6-10-12(24-8(2)19)13(25-9(3)20)14(26-10)17-5-4-11(21)16-15(17)22/h4-5,10,12-14H,6H2,1-3H3,(H,16,21,22)/t10?,12-,13-,14-/m1/s1. The average Bonchev–Trinajstić information content (AvgIpc) is 2.82. The van der Waals surface area contributed by atoms with Crippen molar-refractivity contribution in [3.8, 4) is 0 Å². The number of carbonyl (C=O) groups excluding carboxylic acids is 3. The Morgan fingerprint density at radius 2 is 1.69 bits per heavy atom. The van der Waals surface area contributed by atoms with E-state index in [9.17, 15) is 24.0 Å². The fourth-order valence-electron chi connectivity index (χ4n) is 2.54. The van der Waals surface area contributed by atoms with E-state index < -0.39 is 53.7 Å². The summed E-state index contributed by atoms with van der Waals surface area (Å²) in [5.74, 6) is -1.98. The summed E-state index contributed by atoms with van der Waals surface area (Å²) in [6.45, 7) is 3.17. The number of ether oxygens (including phenoxy) is 4. The van der Waals surface area contributed by atoms with E-state index in [2.05, 4.69) is 0 Å². The quantitative estimate of drug-likeness (QED) is 0.502. The molecule has 0 spiro atoms. The average molecular weight is 370 g/mol. The molecule has 1 aromatic rings. The molecule has 0 saturated carbocycles. The first-order valence-corrected chi connectivity index (χ1v) is 7.63. The second-order valence-corrected chi connectivity index (χ2v) is 5.53. The normalized spacial score (nSPS) is 24.7. The van der Waals surface area contributed by atoms with Crippen molar-refractivity contribution in [3.05, 3.63) is 33.1 Å². The maximum Gasteiger partial charge on any atom is 0.330 e. The molecule has 1 fully saturated rings. The van der Waals surface area contributed by atoms with E-state index in [0.29, 0.717) is 0 Å². The van der Waals surface area contributed by atoms with Crippen molar-refractivity contribution in [2.24, 2.45) is 0 Å². The zero-order valence-electron chi connectivity index (χ0n) is 14.3. The molecular weight excluding hydrogens is 352 g/mol. The van der Waals surface area contributed by atoms with Crippen molar-refractivity contribution in [1.29, 1.82) is 0 Å². The van der Waals surface area contributed by atoms with Crippen LogP contribution in [0.15, 0.2) is 21.9 Å². The van der Waals surface area contributed by atoms with Gasteiger partial charge < -0.3 is 18.9 Å². The van der Waals surface area contributed by atoms with Gasteiger partial charge in [0.1, 0.15) is 12.7 Å². The molecule has 0 aromatic carbocycles. The zero-order chi connectivity index (χ0) is 19.4. The van der Waals surface area contributed by atoms with Crippen LogP contribution in [-0.2, 0) is 33.3 Å². The molecule has 1 aromatic heterocycles. The molecule has 1 aliphatic heterocycles. The Morgan fingerprint density at radius 1 is 1.08 bits per heavy atom. The molecule has 4 atom stereocenters. The fraction of sp³-hybridized carbons (Fsp3) is 0.533. The SMILES string of the molecule is CC(=O)OCC1O[C@@H](n2ccc(=O)[nH]c2=O)[C@H](OC(C)=O)[C@@H]1OC(C)=O. The number of rotatable bonds is 5. The molecule has 0 bridgehead atoms. The number of hydrogen-bond donors (Lipinski definition) is 1. The number of H-pyrrole nitrogens is 1. The lowest BCUT2D eigenvalue weighted by molar-refractivity contribution is -0.166. The van der Waals surface area contributed by atoms with Gasteiger partial charge in [-0.3, -0.25) is 28.7 Å². The monoisotopic (exact) mass is 370 g/mol. The summed E-state index contributed by atoms with van der Waals surface area (Å²) in [6.07, 6.45) is -3.36. The summed E-state index contributed by atoms with van der Waals surface area (Å²) in [5.41, 5.74) is -1.43. The summed E-state index contributed by atoms with van der Waals surface area (Å²) in [6, 6.07) is 1.08. The predicted molar refractivity (Wildman–Crippen MR) is 83.0 cm³/mol. The Balaban J connectivity index is 2.41. The van der Waals surface area contributed by atoms with Crippen LogP contribution >= 0.6 is 0 Å².